The van der Waals surface area contributed by atoms with Crippen molar-refractivity contribution in [2.75, 3.05) is 0 Å². The molecular formula is C13H19BrN2. The van der Waals surface area contributed by atoms with Gasteiger partial charge < -0.3 is 0 Å². The van der Waals surface area contributed by atoms with Gasteiger partial charge in [0.25, 0.3) is 0 Å². The van der Waals surface area contributed by atoms with Gasteiger partial charge in [-0.05, 0) is 42.9 Å². The van der Waals surface area contributed by atoms with Crippen LogP contribution >= 0.6 is 15.9 Å². The standard InChI is InChI=1S/C13H19BrN2/c1-9-6-7-11(12(14)8-9)13(16-15)10-4-2-3-5-10/h6-8,10,13,16H,2-5,15H2,1H3. The molecule has 3 heteroatoms. The molecule has 1 aliphatic carbocycles. The van der Waals surface area contributed by atoms with E-state index in [1.807, 2.05) is 0 Å². The highest BCUT2D eigenvalue weighted by Gasteiger charge is 2.26. The third kappa shape index (κ3) is 2.47. The molecular weight excluding hydrogens is 264 g/mol. The molecule has 0 aliphatic heterocycles. The average Bonchev–Trinajstić information content (AvgIpc) is 2.75. The third-order valence-electron chi connectivity index (χ3n) is 3.54. The summed E-state index contributed by atoms with van der Waals surface area (Å²) in [6.07, 6.45) is 5.25. The van der Waals surface area contributed by atoms with E-state index >= 15 is 0 Å². The van der Waals surface area contributed by atoms with Gasteiger partial charge in [-0.25, -0.2) is 0 Å². The lowest BCUT2D eigenvalue weighted by Crippen LogP contribution is -2.32. The number of benzene rings is 1. The molecule has 0 radical (unpaired) electrons. The van der Waals surface area contributed by atoms with Crippen molar-refractivity contribution in [3.63, 3.8) is 0 Å². The first-order valence-corrected chi connectivity index (χ1v) is 6.74. The molecule has 1 aromatic carbocycles. The number of nitrogens with one attached hydrogen (secondary N) is 1. The number of hydrogen-bond donors (Lipinski definition) is 2. The molecule has 2 nitrogen and oxygen atoms in total. The number of nitrogens with two attached hydrogens (primary N) is 1. The van der Waals surface area contributed by atoms with Gasteiger partial charge in [-0.3, -0.25) is 11.3 Å². The van der Waals surface area contributed by atoms with E-state index in [0.717, 1.165) is 0 Å². The molecule has 2 rings (SSSR count). The summed E-state index contributed by atoms with van der Waals surface area (Å²) in [5.41, 5.74) is 5.56. The largest absolute Gasteiger partial charge is 0.271 e. The summed E-state index contributed by atoms with van der Waals surface area (Å²) in [7, 11) is 0. The molecule has 1 aliphatic rings. The number of hydrazine groups is 1. The van der Waals surface area contributed by atoms with Crippen molar-refractivity contribution in [2.45, 2.75) is 38.6 Å². The predicted octanol–water partition coefficient (Wildman–Crippen LogP) is 3.45. The zero-order valence-electron chi connectivity index (χ0n) is 9.67. The van der Waals surface area contributed by atoms with E-state index in [-0.39, 0.29) is 6.04 Å². The van der Waals surface area contributed by atoms with Crippen molar-refractivity contribution >= 4 is 15.9 Å². The molecule has 0 amide bonds. The Bertz CT molecular complexity index is 359. The fourth-order valence-electron chi connectivity index (χ4n) is 2.65. The highest BCUT2D eigenvalue weighted by molar-refractivity contribution is 9.10. The van der Waals surface area contributed by atoms with Crippen LogP contribution in [0.1, 0.15) is 42.9 Å². The first-order valence-electron chi connectivity index (χ1n) is 5.94. The van der Waals surface area contributed by atoms with E-state index in [2.05, 4.69) is 46.5 Å². The maximum atomic E-state index is 5.72. The summed E-state index contributed by atoms with van der Waals surface area (Å²) in [4.78, 5) is 0. The molecule has 0 aromatic heterocycles. The van der Waals surface area contributed by atoms with E-state index in [1.165, 1.54) is 41.3 Å². The lowest BCUT2D eigenvalue weighted by molar-refractivity contribution is 0.372. The minimum Gasteiger partial charge on any atom is -0.271 e. The van der Waals surface area contributed by atoms with Crippen LogP contribution in [0.25, 0.3) is 0 Å². The normalized spacial score (nSPS) is 18.9. The van der Waals surface area contributed by atoms with Gasteiger partial charge >= 0.3 is 0 Å². The van der Waals surface area contributed by atoms with Crippen LogP contribution in [0.5, 0.6) is 0 Å². The molecule has 1 unspecified atom stereocenters. The molecule has 16 heavy (non-hydrogen) atoms. The van der Waals surface area contributed by atoms with E-state index in [4.69, 9.17) is 5.84 Å². The topological polar surface area (TPSA) is 38.0 Å². The fraction of sp³-hybridized carbons (Fsp3) is 0.538. The zero-order chi connectivity index (χ0) is 11.5. The second-order valence-electron chi connectivity index (χ2n) is 4.71. The average molecular weight is 283 g/mol. The second kappa shape index (κ2) is 5.30. The zero-order valence-corrected chi connectivity index (χ0v) is 11.3. The SMILES string of the molecule is Cc1ccc(C(NN)C2CCCC2)c(Br)c1. The molecule has 0 bridgehead atoms. The summed E-state index contributed by atoms with van der Waals surface area (Å²) in [5, 5.41) is 0. The summed E-state index contributed by atoms with van der Waals surface area (Å²) in [6.45, 7) is 2.11. The van der Waals surface area contributed by atoms with Gasteiger partial charge in [-0.2, -0.15) is 0 Å². The van der Waals surface area contributed by atoms with Gasteiger partial charge in [-0.1, -0.05) is 40.9 Å². The summed E-state index contributed by atoms with van der Waals surface area (Å²) < 4.78 is 1.17. The number of hydrogen-bond acceptors (Lipinski definition) is 2. The maximum Gasteiger partial charge on any atom is 0.0499 e. The number of halogens is 1. The van der Waals surface area contributed by atoms with Crippen LogP contribution in [0, 0.1) is 12.8 Å². The van der Waals surface area contributed by atoms with E-state index < -0.39 is 0 Å². The minimum absolute atomic E-state index is 0.289. The molecule has 88 valence electrons. The summed E-state index contributed by atoms with van der Waals surface area (Å²) >= 11 is 3.64. The summed E-state index contributed by atoms with van der Waals surface area (Å²) in [5.74, 6) is 6.40. The van der Waals surface area contributed by atoms with Crippen molar-refractivity contribution in [3.8, 4) is 0 Å². The molecule has 0 heterocycles. The monoisotopic (exact) mass is 282 g/mol. The van der Waals surface area contributed by atoms with Crippen LogP contribution in [-0.4, -0.2) is 0 Å². The van der Waals surface area contributed by atoms with Gasteiger partial charge in [0.15, 0.2) is 0 Å². The van der Waals surface area contributed by atoms with Gasteiger partial charge in [0.2, 0.25) is 0 Å². The van der Waals surface area contributed by atoms with Crippen molar-refractivity contribution in [3.05, 3.63) is 33.8 Å². The Morgan fingerprint density at radius 3 is 2.62 bits per heavy atom. The minimum atomic E-state index is 0.289. The van der Waals surface area contributed by atoms with Crippen LogP contribution in [0.3, 0.4) is 0 Å². The highest BCUT2D eigenvalue weighted by Crippen LogP contribution is 2.37. The van der Waals surface area contributed by atoms with Crippen LogP contribution < -0.4 is 11.3 Å². The molecule has 0 saturated heterocycles. The fourth-order valence-corrected chi connectivity index (χ4v) is 3.39. The first-order chi connectivity index (χ1) is 7.72. The van der Waals surface area contributed by atoms with Crippen molar-refractivity contribution < 1.29 is 0 Å². The van der Waals surface area contributed by atoms with Gasteiger partial charge in [0.05, 0.1) is 0 Å². The molecule has 1 fully saturated rings. The van der Waals surface area contributed by atoms with E-state index in [9.17, 15) is 0 Å². The van der Waals surface area contributed by atoms with Crippen LogP contribution in [0.15, 0.2) is 22.7 Å². The Balaban J connectivity index is 2.25. The first kappa shape index (κ1) is 12.1. The molecule has 3 N–H and O–H groups in total. The van der Waals surface area contributed by atoms with Crippen LogP contribution in [0.2, 0.25) is 0 Å². The number of aryl methyl sites for hydroxylation is 1. The van der Waals surface area contributed by atoms with Crippen LogP contribution in [0.4, 0.5) is 0 Å². The number of rotatable bonds is 3. The summed E-state index contributed by atoms with van der Waals surface area (Å²) in [6, 6.07) is 6.79. The quantitative estimate of drug-likeness (QED) is 0.658. The maximum absolute atomic E-state index is 5.72. The Morgan fingerprint density at radius 2 is 2.06 bits per heavy atom. The lowest BCUT2D eigenvalue weighted by atomic mass is 9.92. The molecule has 1 saturated carbocycles. The Hall–Kier alpha value is -0.380. The molecule has 0 spiro atoms. The Labute approximate surface area is 106 Å². The van der Waals surface area contributed by atoms with Gasteiger partial charge in [0.1, 0.15) is 0 Å². The lowest BCUT2D eigenvalue weighted by Gasteiger charge is -2.24. The van der Waals surface area contributed by atoms with E-state index in [0.29, 0.717) is 5.92 Å². The van der Waals surface area contributed by atoms with Crippen molar-refractivity contribution in [1.29, 1.82) is 0 Å². The Morgan fingerprint density at radius 1 is 1.38 bits per heavy atom. The second-order valence-corrected chi connectivity index (χ2v) is 5.57. The van der Waals surface area contributed by atoms with Crippen molar-refractivity contribution in [1.82, 2.24) is 5.43 Å². The Kier molecular flexibility index (Phi) is 4.00. The highest BCUT2D eigenvalue weighted by atomic mass is 79.9. The van der Waals surface area contributed by atoms with Crippen LogP contribution in [-0.2, 0) is 0 Å². The molecule has 1 atom stereocenters. The van der Waals surface area contributed by atoms with Gasteiger partial charge in [-0.15, -0.1) is 0 Å². The smallest absolute Gasteiger partial charge is 0.0499 e. The van der Waals surface area contributed by atoms with Gasteiger partial charge in [0, 0.05) is 10.5 Å². The van der Waals surface area contributed by atoms with E-state index in [1.54, 1.807) is 0 Å². The van der Waals surface area contributed by atoms with Crippen molar-refractivity contribution in [2.24, 2.45) is 11.8 Å². The predicted molar refractivity (Wildman–Crippen MR) is 70.9 cm³/mol. The molecule has 1 aromatic rings. The third-order valence-corrected chi connectivity index (χ3v) is 4.23.